The maximum absolute atomic E-state index is 9.81. The van der Waals surface area contributed by atoms with Gasteiger partial charge in [-0.1, -0.05) is 24.3 Å². The Morgan fingerprint density at radius 1 is 0.938 bits per heavy atom. The van der Waals surface area contributed by atoms with E-state index in [0.29, 0.717) is 11.1 Å². The Hall–Kier alpha value is -1.74. The molecule has 0 radical (unpaired) electrons. The van der Waals surface area contributed by atoms with Gasteiger partial charge in [-0.15, -0.1) is 24.7 Å². The van der Waals surface area contributed by atoms with Gasteiger partial charge in [0.15, 0.2) is 0 Å². The molecule has 1 rings (SSSR count). The van der Waals surface area contributed by atoms with Gasteiger partial charge in [-0.25, -0.2) is 0 Å². The normalized spacial score (nSPS) is 13.5. The van der Waals surface area contributed by atoms with Crippen molar-refractivity contribution >= 4 is 0 Å². The first-order valence-corrected chi connectivity index (χ1v) is 5.02. The van der Waals surface area contributed by atoms with E-state index in [2.05, 4.69) is 11.8 Å². The molecule has 0 aromatic heterocycles. The van der Waals surface area contributed by atoms with Crippen LogP contribution in [0.5, 0.6) is 0 Å². The Morgan fingerprint density at radius 3 is 1.62 bits per heavy atom. The molecule has 0 unspecified atom stereocenters. The molecule has 2 atom stereocenters. The zero-order valence-electron chi connectivity index (χ0n) is 8.93. The molecule has 0 saturated carbocycles. The second kappa shape index (κ2) is 5.98. The van der Waals surface area contributed by atoms with E-state index in [1.165, 1.54) is 0 Å². The molecule has 0 aliphatic heterocycles. The van der Waals surface area contributed by atoms with Crippen LogP contribution in [0.25, 0.3) is 0 Å². The minimum absolute atomic E-state index is 0.222. The Labute approximate surface area is 95.9 Å². The van der Waals surface area contributed by atoms with Crippen molar-refractivity contribution in [1.29, 1.82) is 0 Å². The van der Waals surface area contributed by atoms with Gasteiger partial charge >= 0.3 is 0 Å². The van der Waals surface area contributed by atoms with Crippen LogP contribution in [-0.4, -0.2) is 10.2 Å². The van der Waals surface area contributed by atoms with Crippen LogP contribution >= 0.6 is 0 Å². The van der Waals surface area contributed by atoms with Gasteiger partial charge in [-0.05, 0) is 11.1 Å². The van der Waals surface area contributed by atoms with Gasteiger partial charge in [0.25, 0.3) is 0 Å². The molecule has 16 heavy (non-hydrogen) atoms. The topological polar surface area (TPSA) is 40.5 Å². The molecular weight excluding hydrogens is 200 g/mol. The van der Waals surface area contributed by atoms with Gasteiger partial charge in [0.05, 0.1) is 12.2 Å². The standard InChI is InChI=1S/C14H14O2/c1-3-7-13(15)11-9-5-6-10-12(11)14(16)8-4-2/h1-2,5-6,9-10,13-16H,7-8H2/t13-,14+. The number of terminal acetylenes is 2. The SMILES string of the molecule is C#CC[C@@H](O)c1ccccc1[C@@H](O)CC#C. The lowest BCUT2D eigenvalue weighted by molar-refractivity contribution is 0.160. The molecule has 0 heterocycles. The molecule has 0 bridgehead atoms. The smallest absolute Gasteiger partial charge is 0.0902 e. The Kier molecular flexibility index (Phi) is 4.61. The predicted molar refractivity (Wildman–Crippen MR) is 63.3 cm³/mol. The van der Waals surface area contributed by atoms with Crippen LogP contribution in [0, 0.1) is 24.7 Å². The van der Waals surface area contributed by atoms with Crippen LogP contribution in [0.15, 0.2) is 24.3 Å². The third-order valence-corrected chi connectivity index (χ3v) is 2.34. The summed E-state index contributed by atoms with van der Waals surface area (Å²) in [6, 6.07) is 7.08. The number of aliphatic hydroxyl groups excluding tert-OH is 2. The summed E-state index contributed by atoms with van der Waals surface area (Å²) in [6.07, 6.45) is 9.23. The fourth-order valence-corrected chi connectivity index (χ4v) is 1.56. The number of aliphatic hydroxyl groups is 2. The van der Waals surface area contributed by atoms with E-state index in [9.17, 15) is 10.2 Å². The molecule has 0 amide bonds. The maximum Gasteiger partial charge on any atom is 0.0902 e. The van der Waals surface area contributed by atoms with Crippen LogP contribution in [-0.2, 0) is 0 Å². The lowest BCUT2D eigenvalue weighted by Gasteiger charge is -2.16. The van der Waals surface area contributed by atoms with Crippen molar-refractivity contribution < 1.29 is 10.2 Å². The van der Waals surface area contributed by atoms with Gasteiger partial charge in [0.1, 0.15) is 0 Å². The summed E-state index contributed by atoms with van der Waals surface area (Å²) >= 11 is 0. The van der Waals surface area contributed by atoms with Gasteiger partial charge in [0, 0.05) is 12.8 Å². The summed E-state index contributed by atoms with van der Waals surface area (Å²) in [6.45, 7) is 0. The highest BCUT2D eigenvalue weighted by Crippen LogP contribution is 2.27. The third-order valence-electron chi connectivity index (χ3n) is 2.34. The van der Waals surface area contributed by atoms with Crippen molar-refractivity contribution in [2.45, 2.75) is 25.0 Å². The first kappa shape index (κ1) is 12.3. The van der Waals surface area contributed by atoms with E-state index in [0.717, 1.165) is 0 Å². The van der Waals surface area contributed by atoms with E-state index in [-0.39, 0.29) is 12.8 Å². The minimum atomic E-state index is -0.756. The zero-order valence-corrected chi connectivity index (χ0v) is 8.93. The highest BCUT2D eigenvalue weighted by molar-refractivity contribution is 5.32. The Morgan fingerprint density at radius 2 is 1.31 bits per heavy atom. The average Bonchev–Trinajstić information content (AvgIpc) is 2.30. The second-order valence-electron chi connectivity index (χ2n) is 3.48. The molecule has 0 aliphatic carbocycles. The largest absolute Gasteiger partial charge is 0.387 e. The van der Waals surface area contributed by atoms with E-state index < -0.39 is 12.2 Å². The van der Waals surface area contributed by atoms with Crippen LogP contribution in [0.3, 0.4) is 0 Å². The summed E-state index contributed by atoms with van der Waals surface area (Å²) in [5.74, 6) is 4.78. The van der Waals surface area contributed by atoms with Gasteiger partial charge in [0.2, 0.25) is 0 Å². The van der Waals surface area contributed by atoms with E-state index in [4.69, 9.17) is 12.8 Å². The van der Waals surface area contributed by atoms with Crippen molar-refractivity contribution in [3.8, 4) is 24.7 Å². The molecule has 2 nitrogen and oxygen atoms in total. The quantitative estimate of drug-likeness (QED) is 0.750. The van der Waals surface area contributed by atoms with Crippen molar-refractivity contribution in [3.05, 3.63) is 35.4 Å². The highest BCUT2D eigenvalue weighted by atomic mass is 16.3. The maximum atomic E-state index is 9.81. The van der Waals surface area contributed by atoms with Crippen LogP contribution in [0.1, 0.15) is 36.2 Å². The van der Waals surface area contributed by atoms with Crippen molar-refractivity contribution in [1.82, 2.24) is 0 Å². The number of hydrogen-bond donors (Lipinski definition) is 2. The molecule has 0 aliphatic rings. The lowest BCUT2D eigenvalue weighted by Crippen LogP contribution is -2.05. The fourth-order valence-electron chi connectivity index (χ4n) is 1.56. The van der Waals surface area contributed by atoms with Gasteiger partial charge < -0.3 is 10.2 Å². The molecule has 1 aromatic rings. The number of benzene rings is 1. The highest BCUT2D eigenvalue weighted by Gasteiger charge is 2.15. The van der Waals surface area contributed by atoms with Crippen LogP contribution < -0.4 is 0 Å². The van der Waals surface area contributed by atoms with Crippen LogP contribution in [0.2, 0.25) is 0 Å². The van der Waals surface area contributed by atoms with E-state index >= 15 is 0 Å². The summed E-state index contributed by atoms with van der Waals surface area (Å²) in [5, 5.41) is 19.6. The summed E-state index contributed by atoms with van der Waals surface area (Å²) in [7, 11) is 0. The Bertz CT molecular complexity index is 382. The molecule has 2 N–H and O–H groups in total. The molecule has 0 fully saturated rings. The van der Waals surface area contributed by atoms with Crippen molar-refractivity contribution in [2.75, 3.05) is 0 Å². The monoisotopic (exact) mass is 214 g/mol. The molecule has 0 saturated heterocycles. The molecule has 2 heteroatoms. The number of hydrogen-bond acceptors (Lipinski definition) is 2. The summed E-state index contributed by atoms with van der Waals surface area (Å²) in [5.41, 5.74) is 1.28. The zero-order chi connectivity index (χ0) is 12.0. The molecule has 82 valence electrons. The summed E-state index contributed by atoms with van der Waals surface area (Å²) in [4.78, 5) is 0. The van der Waals surface area contributed by atoms with Crippen LogP contribution in [0.4, 0.5) is 0 Å². The average molecular weight is 214 g/mol. The fraction of sp³-hybridized carbons (Fsp3) is 0.286. The van der Waals surface area contributed by atoms with E-state index in [1.807, 2.05) is 0 Å². The van der Waals surface area contributed by atoms with E-state index in [1.54, 1.807) is 24.3 Å². The van der Waals surface area contributed by atoms with Gasteiger partial charge in [-0.2, -0.15) is 0 Å². The van der Waals surface area contributed by atoms with Gasteiger partial charge in [-0.3, -0.25) is 0 Å². The van der Waals surface area contributed by atoms with Crippen molar-refractivity contribution in [3.63, 3.8) is 0 Å². The second-order valence-corrected chi connectivity index (χ2v) is 3.48. The number of rotatable bonds is 4. The predicted octanol–water partition coefficient (Wildman–Crippen LogP) is 1.80. The van der Waals surface area contributed by atoms with Crippen molar-refractivity contribution in [2.24, 2.45) is 0 Å². The first-order chi connectivity index (χ1) is 7.70. The first-order valence-electron chi connectivity index (χ1n) is 5.02. The molecule has 1 aromatic carbocycles. The minimum Gasteiger partial charge on any atom is -0.387 e. The lowest BCUT2D eigenvalue weighted by atomic mass is 9.95. The Balaban J connectivity index is 3.01. The third kappa shape index (κ3) is 2.87. The molecule has 0 spiro atoms. The molecular formula is C14H14O2. The summed E-state index contributed by atoms with van der Waals surface area (Å²) < 4.78 is 0.